The highest BCUT2D eigenvalue weighted by Gasteiger charge is 2.32. The molecule has 1 aliphatic heterocycles. The topological polar surface area (TPSA) is 60.4 Å². The van der Waals surface area contributed by atoms with E-state index in [4.69, 9.17) is 4.74 Å². The first-order chi connectivity index (χ1) is 9.81. The number of hydrogen-bond donors (Lipinski definition) is 0. The molecule has 0 aliphatic carbocycles. The summed E-state index contributed by atoms with van der Waals surface area (Å²) in [5.74, 6) is -0.402. The van der Waals surface area contributed by atoms with Crippen LogP contribution in [0.25, 0.3) is 0 Å². The van der Waals surface area contributed by atoms with Gasteiger partial charge in [-0.15, -0.1) is 0 Å². The Labute approximate surface area is 126 Å². The summed E-state index contributed by atoms with van der Waals surface area (Å²) in [5, 5.41) is -1.02. The van der Waals surface area contributed by atoms with E-state index in [0.29, 0.717) is 12.2 Å². The molecule has 5 heteroatoms. The van der Waals surface area contributed by atoms with E-state index in [1.54, 1.807) is 12.1 Å². The van der Waals surface area contributed by atoms with Crippen LogP contribution in [0.3, 0.4) is 0 Å². The van der Waals surface area contributed by atoms with Crippen molar-refractivity contribution < 1.29 is 17.9 Å². The standard InChI is InChI=1S/C16H22O4S/c1-11-6-7-14(9-12(11)2)16(17)13(3)21(18,19)10-15-5-4-8-20-15/h6-7,9,13,15H,4-5,8,10H2,1-3H3. The predicted molar refractivity (Wildman–Crippen MR) is 82.5 cm³/mol. The molecule has 0 radical (unpaired) electrons. The number of benzene rings is 1. The molecule has 116 valence electrons. The van der Waals surface area contributed by atoms with Gasteiger partial charge in [-0.3, -0.25) is 4.79 Å². The molecule has 0 N–H and O–H groups in total. The van der Waals surface area contributed by atoms with Crippen LogP contribution in [-0.2, 0) is 14.6 Å². The Morgan fingerprint density at radius 1 is 1.33 bits per heavy atom. The Morgan fingerprint density at radius 2 is 2.05 bits per heavy atom. The Bertz CT molecular complexity index is 628. The van der Waals surface area contributed by atoms with Gasteiger partial charge in [0, 0.05) is 12.2 Å². The molecule has 2 rings (SSSR count). The van der Waals surface area contributed by atoms with Gasteiger partial charge in [-0.05, 0) is 50.8 Å². The third-order valence-electron chi connectivity index (χ3n) is 4.14. The van der Waals surface area contributed by atoms with Gasteiger partial charge in [-0.2, -0.15) is 0 Å². The van der Waals surface area contributed by atoms with Crippen molar-refractivity contribution in [3.63, 3.8) is 0 Å². The quantitative estimate of drug-likeness (QED) is 0.784. The minimum atomic E-state index is -3.49. The minimum absolute atomic E-state index is 0.0647. The molecule has 1 aliphatic rings. The van der Waals surface area contributed by atoms with E-state index < -0.39 is 15.1 Å². The normalized spacial score (nSPS) is 20.4. The molecule has 0 saturated carbocycles. The predicted octanol–water partition coefficient (Wildman–Crippen LogP) is 2.47. The molecule has 1 aromatic carbocycles. The zero-order valence-corrected chi connectivity index (χ0v) is 13.6. The number of hydrogen-bond acceptors (Lipinski definition) is 4. The van der Waals surface area contributed by atoms with Crippen molar-refractivity contribution in [3.8, 4) is 0 Å². The molecule has 0 spiro atoms. The fourth-order valence-corrected chi connectivity index (χ4v) is 4.00. The van der Waals surface area contributed by atoms with Gasteiger partial charge in [0.1, 0.15) is 5.25 Å². The Balaban J connectivity index is 2.15. The highest BCUT2D eigenvalue weighted by molar-refractivity contribution is 7.92. The number of Topliss-reactive ketones (excluding diaryl/α,β-unsaturated/α-hetero) is 1. The SMILES string of the molecule is Cc1ccc(C(=O)C(C)S(=O)(=O)CC2CCCO2)cc1C. The fourth-order valence-electron chi connectivity index (χ4n) is 2.47. The first-order valence-electron chi connectivity index (χ1n) is 7.26. The lowest BCUT2D eigenvalue weighted by atomic mass is 10.0. The van der Waals surface area contributed by atoms with Crippen LogP contribution in [-0.4, -0.2) is 37.9 Å². The molecule has 2 unspecified atom stereocenters. The highest BCUT2D eigenvalue weighted by Crippen LogP contribution is 2.19. The number of rotatable bonds is 5. The number of sulfone groups is 1. The summed E-state index contributed by atoms with van der Waals surface area (Å²) in [6.45, 7) is 5.96. The van der Waals surface area contributed by atoms with E-state index in [2.05, 4.69) is 0 Å². The summed E-state index contributed by atoms with van der Waals surface area (Å²) < 4.78 is 30.1. The lowest BCUT2D eigenvalue weighted by Gasteiger charge is -2.15. The molecular weight excluding hydrogens is 288 g/mol. The molecular formula is C16H22O4S. The first kappa shape index (κ1) is 16.2. The second-order valence-electron chi connectivity index (χ2n) is 5.77. The van der Waals surface area contributed by atoms with Gasteiger partial charge >= 0.3 is 0 Å². The number of carbonyl (C=O) groups excluding carboxylic acids is 1. The maximum Gasteiger partial charge on any atom is 0.180 e. The lowest BCUT2D eigenvalue weighted by Crippen LogP contribution is -2.33. The second kappa shape index (κ2) is 6.28. The van der Waals surface area contributed by atoms with Crippen LogP contribution in [0.1, 0.15) is 41.3 Å². The molecule has 1 saturated heterocycles. The monoisotopic (exact) mass is 310 g/mol. The molecule has 4 nitrogen and oxygen atoms in total. The summed E-state index contributed by atoms with van der Waals surface area (Å²) in [6.07, 6.45) is 1.38. The van der Waals surface area contributed by atoms with Crippen molar-refractivity contribution in [3.05, 3.63) is 34.9 Å². The average molecular weight is 310 g/mol. The van der Waals surface area contributed by atoms with Crippen molar-refractivity contribution in [2.24, 2.45) is 0 Å². The number of carbonyl (C=O) groups is 1. The van der Waals surface area contributed by atoms with Crippen LogP contribution in [0.4, 0.5) is 0 Å². The van der Waals surface area contributed by atoms with Gasteiger partial charge in [0.15, 0.2) is 15.6 Å². The Hall–Kier alpha value is -1.20. The van der Waals surface area contributed by atoms with Crippen LogP contribution >= 0.6 is 0 Å². The Morgan fingerprint density at radius 3 is 2.62 bits per heavy atom. The number of ketones is 1. The molecule has 1 heterocycles. The zero-order valence-electron chi connectivity index (χ0n) is 12.8. The zero-order chi connectivity index (χ0) is 15.6. The van der Waals surface area contributed by atoms with Gasteiger partial charge in [-0.1, -0.05) is 12.1 Å². The number of ether oxygens (including phenoxy) is 1. The third kappa shape index (κ3) is 3.71. The second-order valence-corrected chi connectivity index (χ2v) is 8.14. The van der Waals surface area contributed by atoms with Gasteiger partial charge in [0.05, 0.1) is 11.9 Å². The molecule has 0 bridgehead atoms. The molecule has 0 amide bonds. The van der Waals surface area contributed by atoms with E-state index in [9.17, 15) is 13.2 Å². The van der Waals surface area contributed by atoms with Gasteiger partial charge < -0.3 is 4.74 Å². The van der Waals surface area contributed by atoms with Crippen LogP contribution in [0, 0.1) is 13.8 Å². The molecule has 1 aromatic rings. The van der Waals surface area contributed by atoms with Crippen molar-refractivity contribution in [1.29, 1.82) is 0 Å². The summed E-state index contributed by atoms with van der Waals surface area (Å²) in [6, 6.07) is 5.31. The maximum absolute atomic E-state index is 12.4. The summed E-state index contributed by atoms with van der Waals surface area (Å²) in [7, 11) is -3.49. The Kier molecular flexibility index (Phi) is 4.84. The fraction of sp³-hybridized carbons (Fsp3) is 0.562. The maximum atomic E-state index is 12.4. The van der Waals surface area contributed by atoms with Crippen LogP contribution in [0.15, 0.2) is 18.2 Å². The van der Waals surface area contributed by atoms with Crippen molar-refractivity contribution >= 4 is 15.6 Å². The summed E-state index contributed by atoms with van der Waals surface area (Å²) in [5.41, 5.74) is 2.53. The van der Waals surface area contributed by atoms with Crippen LogP contribution in [0.5, 0.6) is 0 Å². The third-order valence-corrected chi connectivity index (χ3v) is 6.27. The molecule has 1 fully saturated rings. The minimum Gasteiger partial charge on any atom is -0.377 e. The average Bonchev–Trinajstić information content (AvgIpc) is 2.92. The van der Waals surface area contributed by atoms with E-state index >= 15 is 0 Å². The molecule has 2 atom stereocenters. The van der Waals surface area contributed by atoms with E-state index in [0.717, 1.165) is 24.0 Å². The van der Waals surface area contributed by atoms with Gasteiger partial charge in [-0.25, -0.2) is 8.42 Å². The van der Waals surface area contributed by atoms with Crippen LogP contribution < -0.4 is 0 Å². The van der Waals surface area contributed by atoms with Gasteiger partial charge in [0.25, 0.3) is 0 Å². The van der Waals surface area contributed by atoms with Crippen molar-refractivity contribution in [1.82, 2.24) is 0 Å². The van der Waals surface area contributed by atoms with E-state index in [1.165, 1.54) is 6.92 Å². The summed E-state index contributed by atoms with van der Waals surface area (Å²) in [4.78, 5) is 12.4. The molecule has 21 heavy (non-hydrogen) atoms. The van der Waals surface area contributed by atoms with E-state index in [-0.39, 0.29) is 17.6 Å². The molecule has 0 aromatic heterocycles. The smallest absolute Gasteiger partial charge is 0.180 e. The van der Waals surface area contributed by atoms with Crippen molar-refractivity contribution in [2.45, 2.75) is 45.0 Å². The lowest BCUT2D eigenvalue weighted by molar-refractivity contribution is 0.0990. The number of aryl methyl sites for hydroxylation is 2. The largest absolute Gasteiger partial charge is 0.377 e. The first-order valence-corrected chi connectivity index (χ1v) is 8.97. The summed E-state index contributed by atoms with van der Waals surface area (Å²) >= 11 is 0. The van der Waals surface area contributed by atoms with E-state index in [1.807, 2.05) is 19.9 Å². The van der Waals surface area contributed by atoms with Gasteiger partial charge in [0.2, 0.25) is 0 Å². The van der Waals surface area contributed by atoms with Crippen LogP contribution in [0.2, 0.25) is 0 Å². The highest BCUT2D eigenvalue weighted by atomic mass is 32.2. The van der Waals surface area contributed by atoms with Crippen molar-refractivity contribution in [2.75, 3.05) is 12.4 Å².